The minimum absolute atomic E-state index is 0.143. The zero-order chi connectivity index (χ0) is 21.9. The van der Waals surface area contributed by atoms with E-state index in [1.54, 1.807) is 6.07 Å². The maximum atomic E-state index is 14.7. The van der Waals surface area contributed by atoms with Gasteiger partial charge in [-0.1, -0.05) is 11.3 Å². The van der Waals surface area contributed by atoms with Gasteiger partial charge in [-0.3, -0.25) is 9.69 Å². The highest BCUT2D eigenvalue weighted by molar-refractivity contribution is 7.89. The van der Waals surface area contributed by atoms with Crippen molar-refractivity contribution in [3.63, 3.8) is 0 Å². The van der Waals surface area contributed by atoms with Crippen molar-refractivity contribution in [1.82, 2.24) is 20.2 Å². The summed E-state index contributed by atoms with van der Waals surface area (Å²) in [5.74, 6) is -0.980. The van der Waals surface area contributed by atoms with Crippen LogP contribution in [0.1, 0.15) is 11.9 Å². The standard InChI is InChI=1S/C17H20FN5O5S2/c1-10(24)20-8-12-9-23(17(25)28-12)11-3-4-13(14(18)7-11)16-22-21-15(29-16)5-6-30(26,27)19-2/h3-4,7,12,19H,5-6,8-9H2,1-2H3,(H,20,24)/t12-/m0/s1. The second kappa shape index (κ2) is 9.02. The number of carbonyl (C=O) groups excluding carboxylic acids is 2. The predicted molar refractivity (Wildman–Crippen MR) is 108 cm³/mol. The van der Waals surface area contributed by atoms with Gasteiger partial charge in [-0.05, 0) is 25.2 Å². The Labute approximate surface area is 176 Å². The number of sulfonamides is 1. The van der Waals surface area contributed by atoms with Crippen LogP contribution < -0.4 is 14.9 Å². The lowest BCUT2D eigenvalue weighted by Crippen LogP contribution is -2.33. The molecule has 1 aliphatic heterocycles. The molecule has 1 aromatic carbocycles. The molecular formula is C17H20FN5O5S2. The Bertz CT molecular complexity index is 1060. The monoisotopic (exact) mass is 457 g/mol. The van der Waals surface area contributed by atoms with Gasteiger partial charge in [0.15, 0.2) is 5.01 Å². The summed E-state index contributed by atoms with van der Waals surface area (Å²) in [6.07, 6.45) is -0.985. The third kappa shape index (κ3) is 5.29. The van der Waals surface area contributed by atoms with Gasteiger partial charge < -0.3 is 10.1 Å². The second-order valence-corrected chi connectivity index (χ2v) is 9.60. The third-order valence-electron chi connectivity index (χ3n) is 4.31. The maximum absolute atomic E-state index is 14.7. The van der Waals surface area contributed by atoms with Crippen molar-refractivity contribution < 1.29 is 27.1 Å². The molecule has 1 fully saturated rings. The van der Waals surface area contributed by atoms with E-state index in [2.05, 4.69) is 20.2 Å². The van der Waals surface area contributed by atoms with Crippen LogP contribution >= 0.6 is 11.3 Å². The second-order valence-electron chi connectivity index (χ2n) is 6.49. The average molecular weight is 458 g/mol. The molecule has 1 atom stereocenters. The van der Waals surface area contributed by atoms with Crippen LogP contribution in [-0.2, 0) is 26.0 Å². The van der Waals surface area contributed by atoms with Crippen LogP contribution in [0, 0.1) is 5.82 Å². The number of anilines is 1. The van der Waals surface area contributed by atoms with Crippen molar-refractivity contribution in [2.45, 2.75) is 19.4 Å². The molecule has 2 amide bonds. The van der Waals surface area contributed by atoms with Crippen molar-refractivity contribution in [1.29, 1.82) is 0 Å². The van der Waals surface area contributed by atoms with Crippen LogP contribution in [0.4, 0.5) is 14.9 Å². The topological polar surface area (TPSA) is 131 Å². The minimum Gasteiger partial charge on any atom is -0.442 e. The largest absolute Gasteiger partial charge is 0.442 e. The van der Waals surface area contributed by atoms with Gasteiger partial charge in [0.1, 0.15) is 16.9 Å². The lowest BCUT2D eigenvalue weighted by atomic mass is 10.2. The number of hydrogen-bond acceptors (Lipinski definition) is 8. The lowest BCUT2D eigenvalue weighted by molar-refractivity contribution is -0.119. The molecule has 0 saturated carbocycles. The Morgan fingerprint density at radius 3 is 2.83 bits per heavy atom. The summed E-state index contributed by atoms with van der Waals surface area (Å²) in [4.78, 5) is 24.4. The molecule has 3 rings (SSSR count). The summed E-state index contributed by atoms with van der Waals surface area (Å²) in [5.41, 5.74) is 0.512. The fourth-order valence-corrected chi connectivity index (χ4v) is 4.39. The highest BCUT2D eigenvalue weighted by Crippen LogP contribution is 2.30. The predicted octanol–water partition coefficient (Wildman–Crippen LogP) is 0.897. The number of aromatic nitrogens is 2. The lowest BCUT2D eigenvalue weighted by Gasteiger charge is -2.14. The summed E-state index contributed by atoms with van der Waals surface area (Å²) < 4.78 is 45.1. The summed E-state index contributed by atoms with van der Waals surface area (Å²) in [6, 6.07) is 4.24. The molecule has 162 valence electrons. The van der Waals surface area contributed by atoms with E-state index >= 15 is 0 Å². The molecule has 0 spiro atoms. The molecule has 1 aromatic heterocycles. The molecule has 1 aliphatic rings. The number of rotatable bonds is 8. The summed E-state index contributed by atoms with van der Waals surface area (Å²) in [5, 5.41) is 11.2. The fourth-order valence-electron chi connectivity index (χ4n) is 2.73. The zero-order valence-corrected chi connectivity index (χ0v) is 17.8. The molecule has 2 N–H and O–H groups in total. The van der Waals surface area contributed by atoms with Crippen molar-refractivity contribution in [3.05, 3.63) is 29.0 Å². The summed E-state index contributed by atoms with van der Waals surface area (Å²) in [6.45, 7) is 1.72. The maximum Gasteiger partial charge on any atom is 0.414 e. The van der Waals surface area contributed by atoms with E-state index in [9.17, 15) is 22.4 Å². The Morgan fingerprint density at radius 1 is 1.40 bits per heavy atom. The third-order valence-corrected chi connectivity index (χ3v) is 6.69. The number of nitrogens with one attached hydrogen (secondary N) is 2. The summed E-state index contributed by atoms with van der Waals surface area (Å²) in [7, 11) is -2.04. The van der Waals surface area contributed by atoms with Gasteiger partial charge >= 0.3 is 6.09 Å². The van der Waals surface area contributed by atoms with E-state index in [-0.39, 0.29) is 36.7 Å². The number of hydrogen-bond donors (Lipinski definition) is 2. The van der Waals surface area contributed by atoms with Crippen LogP contribution in [0.25, 0.3) is 10.6 Å². The smallest absolute Gasteiger partial charge is 0.414 e. The number of carbonyl (C=O) groups is 2. The highest BCUT2D eigenvalue weighted by atomic mass is 32.2. The summed E-state index contributed by atoms with van der Waals surface area (Å²) >= 11 is 1.10. The SMILES string of the molecule is CNS(=O)(=O)CCc1nnc(-c2ccc(N3C[C@H](CNC(C)=O)OC3=O)cc2F)s1. The Kier molecular flexibility index (Phi) is 6.63. The van der Waals surface area contributed by atoms with Crippen molar-refractivity contribution in [3.8, 4) is 10.6 Å². The van der Waals surface area contributed by atoms with Gasteiger partial charge in [-0.15, -0.1) is 10.2 Å². The molecule has 2 aromatic rings. The van der Waals surface area contributed by atoms with Gasteiger partial charge in [0, 0.05) is 18.9 Å². The zero-order valence-electron chi connectivity index (χ0n) is 16.2. The number of amides is 2. The first-order chi connectivity index (χ1) is 14.2. The Hall–Kier alpha value is -2.64. The van der Waals surface area contributed by atoms with E-state index < -0.39 is 28.0 Å². The molecule has 0 unspecified atom stereocenters. The van der Waals surface area contributed by atoms with Gasteiger partial charge in [0.25, 0.3) is 0 Å². The fraction of sp³-hybridized carbons (Fsp3) is 0.412. The van der Waals surface area contributed by atoms with Gasteiger partial charge in [-0.25, -0.2) is 22.3 Å². The minimum atomic E-state index is -3.37. The first-order valence-electron chi connectivity index (χ1n) is 8.94. The molecule has 1 saturated heterocycles. The Balaban J connectivity index is 1.70. The van der Waals surface area contributed by atoms with Crippen molar-refractivity contribution >= 4 is 39.0 Å². The van der Waals surface area contributed by atoms with Gasteiger partial charge in [0.05, 0.1) is 24.5 Å². The number of nitrogens with zero attached hydrogens (tertiary/aromatic N) is 3. The Morgan fingerprint density at radius 2 is 2.17 bits per heavy atom. The number of benzene rings is 1. The van der Waals surface area contributed by atoms with E-state index in [0.29, 0.717) is 15.7 Å². The molecule has 13 heteroatoms. The molecular weight excluding hydrogens is 437 g/mol. The molecule has 10 nitrogen and oxygen atoms in total. The van der Waals surface area contributed by atoms with Crippen LogP contribution in [-0.4, -0.2) is 62.6 Å². The van der Waals surface area contributed by atoms with E-state index in [4.69, 9.17) is 4.74 Å². The average Bonchev–Trinajstić information content (AvgIpc) is 3.31. The van der Waals surface area contributed by atoms with E-state index in [1.807, 2.05) is 0 Å². The number of cyclic esters (lactones) is 1. The van der Waals surface area contributed by atoms with Crippen LogP contribution in [0.15, 0.2) is 18.2 Å². The van der Waals surface area contributed by atoms with E-state index in [0.717, 1.165) is 11.3 Å². The van der Waals surface area contributed by atoms with Crippen LogP contribution in [0.3, 0.4) is 0 Å². The van der Waals surface area contributed by atoms with Crippen molar-refractivity contribution in [2.24, 2.45) is 0 Å². The molecule has 2 heterocycles. The normalized spacial score (nSPS) is 16.6. The number of halogens is 1. The molecule has 0 bridgehead atoms. The molecule has 30 heavy (non-hydrogen) atoms. The van der Waals surface area contributed by atoms with Crippen molar-refractivity contribution in [2.75, 3.05) is 30.8 Å². The quantitative estimate of drug-likeness (QED) is 0.602. The van der Waals surface area contributed by atoms with Gasteiger partial charge in [0.2, 0.25) is 15.9 Å². The van der Waals surface area contributed by atoms with E-state index in [1.165, 1.54) is 31.0 Å². The first-order valence-corrected chi connectivity index (χ1v) is 11.4. The number of aryl methyl sites for hydroxylation is 1. The van der Waals surface area contributed by atoms with Gasteiger partial charge in [-0.2, -0.15) is 0 Å². The van der Waals surface area contributed by atoms with Crippen LogP contribution in [0.5, 0.6) is 0 Å². The first kappa shape index (κ1) is 22.1. The highest BCUT2D eigenvalue weighted by Gasteiger charge is 2.32. The van der Waals surface area contributed by atoms with Crippen LogP contribution in [0.2, 0.25) is 0 Å². The molecule has 0 radical (unpaired) electrons. The number of ether oxygens (including phenoxy) is 1. The molecule has 0 aliphatic carbocycles.